The number of fused-ring (bicyclic) bond motifs is 7. The molecule has 0 N–H and O–H groups in total. The lowest BCUT2D eigenvalue weighted by molar-refractivity contribution is 0.669. The van der Waals surface area contributed by atoms with Crippen molar-refractivity contribution in [3.05, 3.63) is 176 Å². The molecule has 230 valence electrons. The average molecular weight is 644 g/mol. The van der Waals surface area contributed by atoms with Gasteiger partial charge in [-0.05, 0) is 87.6 Å². The van der Waals surface area contributed by atoms with E-state index < -0.39 is 0 Å². The number of para-hydroxylation sites is 1. The van der Waals surface area contributed by atoms with Gasteiger partial charge in [-0.15, -0.1) is 11.3 Å². The third-order valence-corrected chi connectivity index (χ3v) is 10.8. The summed E-state index contributed by atoms with van der Waals surface area (Å²) in [6.45, 7) is 0. The fraction of sp³-hybridized carbons (Fsp3) is 0. The van der Waals surface area contributed by atoms with E-state index in [1.54, 1.807) is 0 Å². The molecule has 0 fully saturated rings. The fourth-order valence-corrected chi connectivity index (χ4v) is 8.60. The Hall–Kier alpha value is -6.16. The highest BCUT2D eigenvalue weighted by atomic mass is 32.1. The number of nitrogens with zero attached hydrogens (tertiary/aromatic N) is 1. The number of anilines is 3. The van der Waals surface area contributed by atoms with E-state index in [2.05, 4.69) is 169 Å². The monoisotopic (exact) mass is 643 g/mol. The molecule has 2 nitrogen and oxygen atoms in total. The zero-order valence-corrected chi connectivity index (χ0v) is 27.3. The van der Waals surface area contributed by atoms with Gasteiger partial charge in [0.05, 0.1) is 11.1 Å². The van der Waals surface area contributed by atoms with E-state index in [1.807, 2.05) is 23.5 Å². The second kappa shape index (κ2) is 11.2. The van der Waals surface area contributed by atoms with Crippen LogP contribution in [0.5, 0.6) is 0 Å². The summed E-state index contributed by atoms with van der Waals surface area (Å²) in [5, 5.41) is 7.33. The maximum Gasteiger partial charge on any atom is 0.137 e. The Morgan fingerprint density at radius 1 is 0.408 bits per heavy atom. The summed E-state index contributed by atoms with van der Waals surface area (Å²) in [6, 6.07) is 63.2. The Balaban J connectivity index is 1.17. The molecular formula is C46H29NOS. The molecule has 0 atom stereocenters. The summed E-state index contributed by atoms with van der Waals surface area (Å²) in [4.78, 5) is 2.38. The van der Waals surface area contributed by atoms with Gasteiger partial charge in [-0.2, -0.15) is 0 Å². The smallest absolute Gasteiger partial charge is 0.137 e. The van der Waals surface area contributed by atoms with E-state index in [-0.39, 0.29) is 0 Å². The molecule has 0 aliphatic carbocycles. The quantitative estimate of drug-likeness (QED) is 0.186. The van der Waals surface area contributed by atoms with Gasteiger partial charge in [0.15, 0.2) is 0 Å². The van der Waals surface area contributed by atoms with Crippen LogP contribution in [-0.4, -0.2) is 0 Å². The molecule has 0 amide bonds. The molecule has 2 aromatic heterocycles. The molecule has 3 heteroatoms. The first-order chi connectivity index (χ1) is 24.3. The Labute approximate surface area is 287 Å². The predicted molar refractivity (Wildman–Crippen MR) is 210 cm³/mol. The van der Waals surface area contributed by atoms with Gasteiger partial charge in [-0.1, -0.05) is 121 Å². The fourth-order valence-electron chi connectivity index (χ4n) is 7.46. The maximum atomic E-state index is 6.38. The third-order valence-electron chi connectivity index (χ3n) is 9.67. The number of thiophene rings is 1. The van der Waals surface area contributed by atoms with Crippen molar-refractivity contribution in [3.63, 3.8) is 0 Å². The third kappa shape index (κ3) is 4.55. The van der Waals surface area contributed by atoms with Crippen LogP contribution >= 0.6 is 11.3 Å². The summed E-state index contributed by atoms with van der Waals surface area (Å²) in [7, 11) is 0. The Morgan fingerprint density at radius 3 is 2.00 bits per heavy atom. The lowest BCUT2D eigenvalue weighted by Crippen LogP contribution is -2.10. The predicted octanol–water partition coefficient (Wildman–Crippen LogP) is 13.9. The highest BCUT2D eigenvalue weighted by molar-refractivity contribution is 7.25. The van der Waals surface area contributed by atoms with Crippen LogP contribution in [0.4, 0.5) is 17.1 Å². The number of benzene rings is 8. The van der Waals surface area contributed by atoms with Crippen LogP contribution < -0.4 is 4.90 Å². The zero-order chi connectivity index (χ0) is 32.3. The molecule has 0 saturated carbocycles. The summed E-state index contributed by atoms with van der Waals surface area (Å²) in [6.07, 6.45) is 0. The van der Waals surface area contributed by atoms with Gasteiger partial charge in [-0.3, -0.25) is 0 Å². The number of rotatable bonds is 5. The van der Waals surface area contributed by atoms with Crippen molar-refractivity contribution in [1.29, 1.82) is 0 Å². The normalized spacial score (nSPS) is 11.7. The van der Waals surface area contributed by atoms with Crippen LogP contribution in [0.2, 0.25) is 0 Å². The van der Waals surface area contributed by atoms with Gasteiger partial charge >= 0.3 is 0 Å². The molecular weight excluding hydrogens is 615 g/mol. The minimum absolute atomic E-state index is 0.876. The summed E-state index contributed by atoms with van der Waals surface area (Å²) < 4.78 is 9.01. The van der Waals surface area contributed by atoms with E-state index in [0.29, 0.717) is 0 Å². The van der Waals surface area contributed by atoms with Gasteiger partial charge in [0.1, 0.15) is 11.2 Å². The second-order valence-electron chi connectivity index (χ2n) is 12.5. The average Bonchev–Trinajstić information content (AvgIpc) is 3.74. The molecule has 0 spiro atoms. The van der Waals surface area contributed by atoms with Crippen molar-refractivity contribution in [2.24, 2.45) is 0 Å². The topological polar surface area (TPSA) is 16.4 Å². The highest BCUT2D eigenvalue weighted by Gasteiger charge is 2.20. The lowest BCUT2D eigenvalue weighted by atomic mass is 9.97. The van der Waals surface area contributed by atoms with Gasteiger partial charge < -0.3 is 9.32 Å². The molecule has 10 aromatic rings. The van der Waals surface area contributed by atoms with Crippen LogP contribution in [0.15, 0.2) is 180 Å². The van der Waals surface area contributed by atoms with Gasteiger partial charge in [0.25, 0.3) is 0 Å². The molecule has 0 aliphatic rings. The van der Waals surface area contributed by atoms with E-state index in [4.69, 9.17) is 4.42 Å². The first-order valence-corrected chi connectivity index (χ1v) is 17.4. The first kappa shape index (κ1) is 27.9. The van der Waals surface area contributed by atoms with Gasteiger partial charge in [0, 0.05) is 36.9 Å². The van der Waals surface area contributed by atoms with E-state index in [9.17, 15) is 0 Å². The van der Waals surface area contributed by atoms with E-state index >= 15 is 0 Å². The summed E-state index contributed by atoms with van der Waals surface area (Å²) in [5.74, 6) is 0. The van der Waals surface area contributed by atoms with Crippen LogP contribution in [-0.2, 0) is 0 Å². The van der Waals surface area contributed by atoms with Crippen LogP contribution in [0.1, 0.15) is 0 Å². The van der Waals surface area contributed by atoms with Gasteiger partial charge in [0.2, 0.25) is 0 Å². The van der Waals surface area contributed by atoms with Crippen molar-refractivity contribution >= 4 is 81.3 Å². The molecule has 49 heavy (non-hydrogen) atoms. The Kier molecular flexibility index (Phi) is 6.39. The Morgan fingerprint density at radius 2 is 1.08 bits per heavy atom. The minimum Gasteiger partial charge on any atom is -0.456 e. The van der Waals surface area contributed by atoms with Crippen molar-refractivity contribution in [2.75, 3.05) is 4.90 Å². The van der Waals surface area contributed by atoms with Crippen molar-refractivity contribution in [2.45, 2.75) is 0 Å². The molecule has 8 aromatic carbocycles. The Bertz CT molecular complexity index is 2840. The lowest BCUT2D eigenvalue weighted by Gasteiger charge is -2.27. The number of hydrogen-bond donors (Lipinski definition) is 0. The summed E-state index contributed by atoms with van der Waals surface area (Å²) in [5.41, 5.74) is 9.87. The van der Waals surface area contributed by atoms with Gasteiger partial charge in [-0.25, -0.2) is 0 Å². The van der Waals surface area contributed by atoms with Crippen LogP contribution in [0.25, 0.3) is 75.1 Å². The zero-order valence-electron chi connectivity index (χ0n) is 26.5. The van der Waals surface area contributed by atoms with Crippen molar-refractivity contribution in [1.82, 2.24) is 0 Å². The SMILES string of the molecule is c1cc(-c2cccc3ccccc23)cc(N(c2ccc(-c3cccc4sc5ccccc5c34)cc2)c2cccc3oc4ccccc4c23)c1. The molecule has 0 unspecified atom stereocenters. The minimum atomic E-state index is 0.876. The van der Waals surface area contributed by atoms with Crippen LogP contribution in [0, 0.1) is 0 Å². The van der Waals surface area contributed by atoms with E-state index in [0.717, 1.165) is 39.0 Å². The van der Waals surface area contributed by atoms with E-state index in [1.165, 1.54) is 53.2 Å². The van der Waals surface area contributed by atoms with Crippen molar-refractivity contribution < 1.29 is 4.42 Å². The molecule has 10 rings (SSSR count). The molecule has 0 bridgehead atoms. The maximum absolute atomic E-state index is 6.38. The second-order valence-corrected chi connectivity index (χ2v) is 13.6. The summed E-state index contributed by atoms with van der Waals surface area (Å²) >= 11 is 1.86. The first-order valence-electron chi connectivity index (χ1n) is 16.6. The molecule has 0 radical (unpaired) electrons. The molecule has 0 saturated heterocycles. The number of furan rings is 1. The largest absolute Gasteiger partial charge is 0.456 e. The highest BCUT2D eigenvalue weighted by Crippen LogP contribution is 2.45. The standard InChI is InChI=1S/C46H29NOS/c1-2-15-35-30(11-1)12-8-18-36(35)32-13-7-14-34(29-32)47(40-20-10-22-42-46(40)38-16-3-5-21-41(38)48-42)33-27-25-31(26-28-33)37-19-9-24-44-45(37)39-17-4-6-23-43(39)49-44/h1-29H. The molecule has 0 aliphatic heterocycles. The number of hydrogen-bond acceptors (Lipinski definition) is 3. The van der Waals surface area contributed by atoms with Crippen LogP contribution in [0.3, 0.4) is 0 Å². The van der Waals surface area contributed by atoms with Crippen molar-refractivity contribution in [3.8, 4) is 22.3 Å². The molecule has 2 heterocycles.